The quantitative estimate of drug-likeness (QED) is 0.662. The number of benzene rings is 1. The van der Waals surface area contributed by atoms with Crippen molar-refractivity contribution in [1.82, 2.24) is 0 Å². The molecule has 0 radical (unpaired) electrons. The highest BCUT2D eigenvalue weighted by Gasteiger charge is 2.27. The molecule has 0 heterocycles. The average molecular weight is 266 g/mol. The summed E-state index contributed by atoms with van der Waals surface area (Å²) in [4.78, 5) is 12.0. The van der Waals surface area contributed by atoms with Crippen LogP contribution in [0, 0.1) is 5.41 Å². The molecule has 0 aliphatic carbocycles. The molecule has 1 aromatic rings. The average Bonchev–Trinajstić information content (AvgIpc) is 1.99. The van der Waals surface area contributed by atoms with Crippen LogP contribution in [0.1, 0.15) is 31.1 Å². The Hall–Kier alpha value is -0.240. The van der Waals surface area contributed by atoms with Gasteiger partial charge in [0.05, 0.1) is 15.6 Å². The van der Waals surface area contributed by atoms with E-state index in [-0.39, 0.29) is 5.78 Å². The molecule has 0 atom stereocenters. The molecule has 0 aliphatic rings. The lowest BCUT2D eigenvalue weighted by Crippen LogP contribution is -2.21. The fourth-order valence-corrected chi connectivity index (χ4v) is 2.12. The molecule has 0 saturated heterocycles. The van der Waals surface area contributed by atoms with E-state index in [1.807, 2.05) is 20.8 Å². The standard InChI is InChI=1S/C11H11Cl3O/c1-11(2,3)10(15)9-7(13)4-6(12)5-8(9)14/h4-5H,1-3H3. The number of rotatable bonds is 1. The lowest BCUT2D eigenvalue weighted by Gasteiger charge is -2.18. The van der Waals surface area contributed by atoms with Gasteiger partial charge in [0.1, 0.15) is 0 Å². The second-order valence-corrected chi connectivity index (χ2v) is 5.57. The molecular weight excluding hydrogens is 254 g/mol. The van der Waals surface area contributed by atoms with Crippen molar-refractivity contribution >= 4 is 40.6 Å². The molecule has 1 aromatic carbocycles. The van der Waals surface area contributed by atoms with E-state index in [9.17, 15) is 4.79 Å². The number of halogens is 3. The largest absolute Gasteiger partial charge is 0.293 e. The Morgan fingerprint density at radius 1 is 1.07 bits per heavy atom. The summed E-state index contributed by atoms with van der Waals surface area (Å²) in [6, 6.07) is 3.04. The minimum absolute atomic E-state index is 0.0887. The Bertz CT molecular complexity index is 382. The van der Waals surface area contributed by atoms with Crippen LogP contribution >= 0.6 is 34.8 Å². The van der Waals surface area contributed by atoms with Crippen LogP contribution in [-0.4, -0.2) is 5.78 Å². The van der Waals surface area contributed by atoms with Crippen molar-refractivity contribution in [2.45, 2.75) is 20.8 Å². The maximum absolute atomic E-state index is 12.0. The van der Waals surface area contributed by atoms with Gasteiger partial charge >= 0.3 is 0 Å². The monoisotopic (exact) mass is 264 g/mol. The summed E-state index contributed by atoms with van der Waals surface area (Å²) in [5.41, 5.74) is -0.170. The summed E-state index contributed by atoms with van der Waals surface area (Å²) in [6.07, 6.45) is 0. The Morgan fingerprint density at radius 3 is 1.80 bits per heavy atom. The first-order chi connectivity index (χ1) is 6.73. The van der Waals surface area contributed by atoms with E-state index in [0.29, 0.717) is 20.6 Å². The Kier molecular flexibility index (Phi) is 3.70. The molecule has 0 saturated carbocycles. The first kappa shape index (κ1) is 12.8. The van der Waals surface area contributed by atoms with Crippen LogP contribution < -0.4 is 0 Å². The van der Waals surface area contributed by atoms with Gasteiger partial charge in [0.25, 0.3) is 0 Å². The summed E-state index contributed by atoms with van der Waals surface area (Å²) in [5, 5.41) is 1.02. The summed E-state index contributed by atoms with van der Waals surface area (Å²) in [6.45, 7) is 5.45. The molecule has 0 spiro atoms. The molecule has 0 bridgehead atoms. The van der Waals surface area contributed by atoms with E-state index >= 15 is 0 Å². The first-order valence-electron chi connectivity index (χ1n) is 4.43. The van der Waals surface area contributed by atoms with Gasteiger partial charge in [0.15, 0.2) is 5.78 Å². The van der Waals surface area contributed by atoms with Gasteiger partial charge in [-0.15, -0.1) is 0 Å². The molecule has 1 rings (SSSR count). The van der Waals surface area contributed by atoms with Gasteiger partial charge in [-0.25, -0.2) is 0 Å². The van der Waals surface area contributed by atoms with Crippen LogP contribution in [-0.2, 0) is 0 Å². The predicted octanol–water partition coefficient (Wildman–Crippen LogP) is 4.88. The lowest BCUT2D eigenvalue weighted by atomic mass is 9.86. The normalized spacial score (nSPS) is 11.6. The third-order valence-electron chi connectivity index (χ3n) is 1.92. The van der Waals surface area contributed by atoms with Crippen molar-refractivity contribution in [3.05, 3.63) is 32.8 Å². The SMILES string of the molecule is CC(C)(C)C(=O)c1c(Cl)cc(Cl)cc1Cl. The van der Waals surface area contributed by atoms with E-state index in [1.54, 1.807) is 0 Å². The number of ketones is 1. The van der Waals surface area contributed by atoms with Crippen molar-refractivity contribution in [2.75, 3.05) is 0 Å². The van der Waals surface area contributed by atoms with Gasteiger partial charge in [-0.3, -0.25) is 4.79 Å². The van der Waals surface area contributed by atoms with Gasteiger partial charge in [0, 0.05) is 10.4 Å². The number of hydrogen-bond acceptors (Lipinski definition) is 1. The van der Waals surface area contributed by atoms with Gasteiger partial charge in [0.2, 0.25) is 0 Å². The van der Waals surface area contributed by atoms with Crippen molar-refractivity contribution < 1.29 is 4.79 Å². The van der Waals surface area contributed by atoms with E-state index in [1.165, 1.54) is 12.1 Å². The molecule has 0 amide bonds. The van der Waals surface area contributed by atoms with Crippen LogP contribution in [0.2, 0.25) is 15.1 Å². The number of Topliss-reactive ketones (excluding diaryl/α,β-unsaturated/α-hetero) is 1. The zero-order chi connectivity index (χ0) is 11.8. The highest BCUT2D eigenvalue weighted by Crippen LogP contribution is 2.33. The molecule has 1 nitrogen and oxygen atoms in total. The van der Waals surface area contributed by atoms with Gasteiger partial charge in [-0.2, -0.15) is 0 Å². The summed E-state index contributed by atoms with van der Waals surface area (Å²) >= 11 is 17.7. The second kappa shape index (κ2) is 4.32. The zero-order valence-electron chi connectivity index (χ0n) is 8.70. The predicted molar refractivity (Wildman–Crippen MR) is 65.3 cm³/mol. The van der Waals surface area contributed by atoms with Crippen LogP contribution in [0.3, 0.4) is 0 Å². The van der Waals surface area contributed by atoms with E-state index in [4.69, 9.17) is 34.8 Å². The van der Waals surface area contributed by atoms with Gasteiger partial charge in [-0.05, 0) is 12.1 Å². The first-order valence-corrected chi connectivity index (χ1v) is 5.56. The van der Waals surface area contributed by atoms with Crippen molar-refractivity contribution in [3.63, 3.8) is 0 Å². The van der Waals surface area contributed by atoms with Gasteiger partial charge in [-0.1, -0.05) is 55.6 Å². The van der Waals surface area contributed by atoms with E-state index in [2.05, 4.69) is 0 Å². The Morgan fingerprint density at radius 2 is 1.47 bits per heavy atom. The van der Waals surface area contributed by atoms with Crippen molar-refractivity contribution in [1.29, 1.82) is 0 Å². The molecule has 0 aliphatic heterocycles. The topological polar surface area (TPSA) is 17.1 Å². The fraction of sp³-hybridized carbons (Fsp3) is 0.364. The van der Waals surface area contributed by atoms with Crippen molar-refractivity contribution in [2.24, 2.45) is 5.41 Å². The minimum Gasteiger partial charge on any atom is -0.293 e. The second-order valence-electron chi connectivity index (χ2n) is 4.32. The Balaban J connectivity index is 3.33. The number of hydrogen-bond donors (Lipinski definition) is 0. The minimum atomic E-state index is -0.513. The molecule has 0 aromatic heterocycles. The summed E-state index contributed by atoms with van der Waals surface area (Å²) in [5.74, 6) is -0.0887. The van der Waals surface area contributed by atoms with Gasteiger partial charge < -0.3 is 0 Å². The third-order valence-corrected chi connectivity index (χ3v) is 2.73. The molecule has 0 fully saturated rings. The zero-order valence-corrected chi connectivity index (χ0v) is 11.0. The molecule has 0 unspecified atom stereocenters. The highest BCUT2D eigenvalue weighted by molar-refractivity contribution is 6.42. The van der Waals surface area contributed by atoms with Crippen LogP contribution in [0.15, 0.2) is 12.1 Å². The fourth-order valence-electron chi connectivity index (χ4n) is 1.13. The lowest BCUT2D eigenvalue weighted by molar-refractivity contribution is 0.0858. The molecule has 0 N–H and O–H groups in total. The highest BCUT2D eigenvalue weighted by atomic mass is 35.5. The van der Waals surface area contributed by atoms with Crippen LogP contribution in [0.5, 0.6) is 0 Å². The smallest absolute Gasteiger partial charge is 0.171 e. The maximum Gasteiger partial charge on any atom is 0.171 e. The molecule has 82 valence electrons. The summed E-state index contributed by atoms with van der Waals surface area (Å²) in [7, 11) is 0. The maximum atomic E-state index is 12.0. The van der Waals surface area contributed by atoms with Crippen molar-refractivity contribution in [3.8, 4) is 0 Å². The molecular formula is C11H11Cl3O. The summed E-state index contributed by atoms with van der Waals surface area (Å²) < 4.78 is 0. The number of carbonyl (C=O) groups is 1. The third kappa shape index (κ3) is 2.87. The number of carbonyl (C=O) groups excluding carboxylic acids is 1. The van der Waals surface area contributed by atoms with Crippen LogP contribution in [0.25, 0.3) is 0 Å². The van der Waals surface area contributed by atoms with E-state index < -0.39 is 5.41 Å². The van der Waals surface area contributed by atoms with E-state index in [0.717, 1.165) is 0 Å². The van der Waals surface area contributed by atoms with Crippen LogP contribution in [0.4, 0.5) is 0 Å². The Labute approximate surface area is 104 Å². The molecule has 15 heavy (non-hydrogen) atoms. The molecule has 4 heteroatoms.